The molecule has 0 amide bonds. The van der Waals surface area contributed by atoms with Crippen LogP contribution in [0, 0.1) is 0 Å². The highest BCUT2D eigenvalue weighted by Gasteiger charge is 2.48. The quantitative estimate of drug-likeness (QED) is 0.234. The van der Waals surface area contributed by atoms with Crippen LogP contribution in [0.2, 0.25) is 54.4 Å². The molecule has 5 nitrogen and oxygen atoms in total. The highest BCUT2D eigenvalue weighted by molar-refractivity contribution is 6.75. The van der Waals surface area contributed by atoms with E-state index >= 15 is 0 Å². The van der Waals surface area contributed by atoms with Gasteiger partial charge in [-0.3, -0.25) is 0 Å². The standard InChI is InChI=1S/C25H56O5Si3/c1-17-19(26)21(29-32(13,14)24(5,6)7)22(30-33(15,16)25(8,9)10)20(27)18-28-31(11,12)23(2,3)4/h17,19-22,26-27H,1,18H2,2-16H3/t19-,20-,21-,22-/m1/s1. The van der Waals surface area contributed by atoms with Crippen LogP contribution in [0.15, 0.2) is 12.7 Å². The molecule has 33 heavy (non-hydrogen) atoms. The summed E-state index contributed by atoms with van der Waals surface area (Å²) in [6, 6.07) is 0. The van der Waals surface area contributed by atoms with Crippen molar-refractivity contribution < 1.29 is 23.5 Å². The zero-order chi connectivity index (χ0) is 26.8. The molecule has 2 N–H and O–H groups in total. The summed E-state index contributed by atoms with van der Waals surface area (Å²) in [5, 5.41) is 22.4. The summed E-state index contributed by atoms with van der Waals surface area (Å²) >= 11 is 0. The molecule has 0 bridgehead atoms. The van der Waals surface area contributed by atoms with E-state index in [9.17, 15) is 10.2 Å². The number of rotatable bonds is 11. The lowest BCUT2D eigenvalue weighted by Gasteiger charge is -2.47. The summed E-state index contributed by atoms with van der Waals surface area (Å²) in [5.41, 5.74) is 0. The van der Waals surface area contributed by atoms with E-state index in [1.807, 2.05) is 0 Å². The van der Waals surface area contributed by atoms with Gasteiger partial charge in [-0.25, -0.2) is 0 Å². The van der Waals surface area contributed by atoms with E-state index < -0.39 is 49.4 Å². The maximum atomic E-state index is 11.5. The Bertz CT molecular complexity index is 627. The lowest BCUT2D eigenvalue weighted by atomic mass is 10.0. The van der Waals surface area contributed by atoms with E-state index in [-0.39, 0.29) is 21.7 Å². The molecule has 0 saturated carbocycles. The Hall–Kier alpha value is 0.191. The second-order valence-corrected chi connectivity index (χ2v) is 28.4. The molecule has 0 aromatic rings. The zero-order valence-corrected chi connectivity index (χ0v) is 27.4. The molecule has 0 spiro atoms. The van der Waals surface area contributed by atoms with Gasteiger partial charge in [-0.2, -0.15) is 0 Å². The molecular formula is C25H56O5Si3. The molecule has 0 aliphatic rings. The minimum absolute atomic E-state index is 0.0280. The van der Waals surface area contributed by atoms with Crippen LogP contribution in [0.3, 0.4) is 0 Å². The number of aliphatic hydroxyl groups is 2. The van der Waals surface area contributed by atoms with Gasteiger partial charge in [0, 0.05) is 0 Å². The monoisotopic (exact) mass is 520 g/mol. The Labute approximate surface area is 208 Å². The summed E-state index contributed by atoms with van der Waals surface area (Å²) in [5.74, 6) is 0. The van der Waals surface area contributed by atoms with Gasteiger partial charge in [-0.1, -0.05) is 68.4 Å². The second-order valence-electron chi connectivity index (χ2n) is 14.1. The maximum absolute atomic E-state index is 11.5. The van der Waals surface area contributed by atoms with Crippen molar-refractivity contribution in [3.05, 3.63) is 12.7 Å². The van der Waals surface area contributed by atoms with Crippen LogP contribution < -0.4 is 0 Å². The van der Waals surface area contributed by atoms with E-state index in [1.54, 1.807) is 0 Å². The topological polar surface area (TPSA) is 68.2 Å². The van der Waals surface area contributed by atoms with E-state index in [1.165, 1.54) is 6.08 Å². The van der Waals surface area contributed by atoms with Crippen molar-refractivity contribution in [3.63, 3.8) is 0 Å². The molecule has 0 aliphatic carbocycles. The summed E-state index contributed by atoms with van der Waals surface area (Å²) in [7, 11) is -6.66. The third-order valence-electron chi connectivity index (χ3n) is 8.18. The van der Waals surface area contributed by atoms with E-state index in [0.717, 1.165) is 0 Å². The molecule has 0 fully saturated rings. The van der Waals surface area contributed by atoms with Gasteiger partial charge in [-0.15, -0.1) is 6.58 Å². The lowest BCUT2D eigenvalue weighted by Crippen LogP contribution is -2.59. The first kappa shape index (κ1) is 33.2. The van der Waals surface area contributed by atoms with Crippen LogP contribution >= 0.6 is 0 Å². The van der Waals surface area contributed by atoms with Gasteiger partial charge < -0.3 is 23.5 Å². The van der Waals surface area contributed by atoms with Gasteiger partial charge in [0.2, 0.25) is 0 Å². The largest absolute Gasteiger partial charge is 0.414 e. The zero-order valence-electron chi connectivity index (χ0n) is 24.4. The summed E-state index contributed by atoms with van der Waals surface area (Å²) in [6.07, 6.45) is -1.86. The summed E-state index contributed by atoms with van der Waals surface area (Å²) in [6.45, 7) is 36.5. The van der Waals surface area contributed by atoms with Crippen molar-refractivity contribution in [1.29, 1.82) is 0 Å². The Morgan fingerprint density at radius 1 is 0.667 bits per heavy atom. The average Bonchev–Trinajstić information content (AvgIpc) is 2.59. The van der Waals surface area contributed by atoms with Gasteiger partial charge in [0.1, 0.15) is 18.3 Å². The molecule has 4 atom stereocenters. The Morgan fingerprint density at radius 3 is 1.30 bits per heavy atom. The van der Waals surface area contributed by atoms with Gasteiger partial charge in [0.25, 0.3) is 0 Å². The minimum atomic E-state index is -2.30. The summed E-state index contributed by atoms with van der Waals surface area (Å²) in [4.78, 5) is 0. The van der Waals surface area contributed by atoms with Crippen LogP contribution in [0.1, 0.15) is 62.3 Å². The van der Waals surface area contributed by atoms with Crippen LogP contribution in [-0.4, -0.2) is 66.2 Å². The number of aliphatic hydroxyl groups excluding tert-OH is 2. The fourth-order valence-corrected chi connectivity index (χ4v) is 6.12. The van der Waals surface area contributed by atoms with Crippen LogP contribution in [0.5, 0.6) is 0 Å². The highest BCUT2D eigenvalue weighted by Crippen LogP contribution is 2.42. The Morgan fingerprint density at radius 2 is 1.00 bits per heavy atom. The van der Waals surface area contributed by atoms with Crippen LogP contribution in [0.4, 0.5) is 0 Å². The van der Waals surface area contributed by atoms with Gasteiger partial charge in [-0.05, 0) is 54.4 Å². The first-order valence-corrected chi connectivity index (χ1v) is 21.0. The Kier molecular flexibility index (Phi) is 11.1. The van der Waals surface area contributed by atoms with E-state index in [2.05, 4.69) is 108 Å². The third-order valence-corrected chi connectivity index (χ3v) is 21.6. The van der Waals surface area contributed by atoms with E-state index in [4.69, 9.17) is 13.3 Å². The molecule has 0 unspecified atom stereocenters. The van der Waals surface area contributed by atoms with Gasteiger partial charge in [0.05, 0.1) is 12.7 Å². The first-order chi connectivity index (χ1) is 14.3. The van der Waals surface area contributed by atoms with Crippen LogP contribution in [-0.2, 0) is 13.3 Å². The predicted octanol–water partition coefficient (Wildman–Crippen LogP) is 6.70. The molecule has 198 valence electrons. The predicted molar refractivity (Wildman–Crippen MR) is 149 cm³/mol. The van der Waals surface area contributed by atoms with E-state index in [0.29, 0.717) is 0 Å². The van der Waals surface area contributed by atoms with Crippen molar-refractivity contribution in [3.8, 4) is 0 Å². The Balaban J connectivity index is 6.30. The third kappa shape index (κ3) is 8.97. The normalized spacial score (nSPS) is 18.6. The van der Waals surface area contributed by atoms with Gasteiger partial charge >= 0.3 is 0 Å². The summed E-state index contributed by atoms with van der Waals surface area (Å²) < 4.78 is 19.8. The molecule has 8 heteroatoms. The molecule has 0 aromatic heterocycles. The second kappa shape index (κ2) is 11.1. The number of hydrogen-bond acceptors (Lipinski definition) is 5. The maximum Gasteiger partial charge on any atom is 0.192 e. The molecule has 0 aliphatic heterocycles. The van der Waals surface area contributed by atoms with Crippen LogP contribution in [0.25, 0.3) is 0 Å². The minimum Gasteiger partial charge on any atom is -0.414 e. The van der Waals surface area contributed by atoms with Gasteiger partial charge in [0.15, 0.2) is 25.0 Å². The van der Waals surface area contributed by atoms with Crippen molar-refractivity contribution in [2.75, 3.05) is 6.61 Å². The molecule has 0 rings (SSSR count). The smallest absolute Gasteiger partial charge is 0.192 e. The van der Waals surface area contributed by atoms with Crippen molar-refractivity contribution in [1.82, 2.24) is 0 Å². The van der Waals surface area contributed by atoms with Crippen molar-refractivity contribution >= 4 is 25.0 Å². The molecule has 0 aromatic carbocycles. The molecule has 0 heterocycles. The fourth-order valence-electron chi connectivity index (χ4n) is 2.47. The first-order valence-electron chi connectivity index (χ1n) is 12.3. The molecule has 0 saturated heterocycles. The average molecular weight is 521 g/mol. The lowest BCUT2D eigenvalue weighted by molar-refractivity contribution is -0.0907. The fraction of sp³-hybridized carbons (Fsp3) is 0.920. The molecule has 0 radical (unpaired) electrons. The van der Waals surface area contributed by atoms with Crippen molar-refractivity contribution in [2.24, 2.45) is 0 Å². The number of hydrogen-bond donors (Lipinski definition) is 2. The SMILES string of the molecule is C=C[C@@H](O)[C@@H](O[Si](C)(C)C(C)(C)C)[C@H](O[Si](C)(C)C(C)(C)C)[C@H](O)CO[Si](C)(C)C(C)(C)C. The molecular weight excluding hydrogens is 465 g/mol. The van der Waals surface area contributed by atoms with Crippen molar-refractivity contribution in [2.45, 2.75) is 141 Å². The highest BCUT2D eigenvalue weighted by atomic mass is 28.4.